The predicted octanol–water partition coefficient (Wildman–Crippen LogP) is 2.43. The first kappa shape index (κ1) is 18.0. The van der Waals surface area contributed by atoms with E-state index in [1.807, 2.05) is 6.07 Å². The van der Waals surface area contributed by atoms with E-state index in [4.69, 9.17) is 14.7 Å². The van der Waals surface area contributed by atoms with Crippen LogP contribution in [0.15, 0.2) is 48.5 Å². The molecule has 0 saturated heterocycles. The molecule has 2 aromatic rings. The summed E-state index contributed by atoms with van der Waals surface area (Å²) in [7, 11) is 1.49. The zero-order valence-electron chi connectivity index (χ0n) is 13.8. The van der Waals surface area contributed by atoms with Crippen molar-refractivity contribution in [2.24, 2.45) is 0 Å². The van der Waals surface area contributed by atoms with Gasteiger partial charge in [-0.3, -0.25) is 9.59 Å². The zero-order valence-corrected chi connectivity index (χ0v) is 13.8. The highest BCUT2D eigenvalue weighted by atomic mass is 16.5. The van der Waals surface area contributed by atoms with Gasteiger partial charge in [-0.15, -0.1) is 0 Å². The summed E-state index contributed by atoms with van der Waals surface area (Å²) in [6.45, 7) is 0.300. The first-order chi connectivity index (χ1) is 12.1. The van der Waals surface area contributed by atoms with Gasteiger partial charge in [0.2, 0.25) is 0 Å². The van der Waals surface area contributed by atoms with Crippen LogP contribution in [0.1, 0.15) is 27.9 Å². The molecule has 25 heavy (non-hydrogen) atoms. The SMILES string of the molecule is COc1ccccc1C(=O)NCCC(=O)OCc1ccc(C#N)cc1. The van der Waals surface area contributed by atoms with E-state index in [0.29, 0.717) is 16.9 Å². The summed E-state index contributed by atoms with van der Waals surface area (Å²) >= 11 is 0. The lowest BCUT2D eigenvalue weighted by atomic mass is 10.2. The van der Waals surface area contributed by atoms with Crippen LogP contribution in [0.2, 0.25) is 0 Å². The van der Waals surface area contributed by atoms with Crippen LogP contribution in [-0.4, -0.2) is 25.5 Å². The summed E-state index contributed by atoms with van der Waals surface area (Å²) in [5.41, 5.74) is 1.76. The Morgan fingerprint density at radius 3 is 2.52 bits per heavy atom. The van der Waals surface area contributed by atoms with Gasteiger partial charge in [0.1, 0.15) is 12.4 Å². The molecular formula is C19H18N2O4. The maximum absolute atomic E-state index is 12.1. The van der Waals surface area contributed by atoms with Gasteiger partial charge in [-0.2, -0.15) is 5.26 Å². The van der Waals surface area contributed by atoms with Crippen LogP contribution in [-0.2, 0) is 16.1 Å². The number of hydrogen-bond donors (Lipinski definition) is 1. The molecule has 0 bridgehead atoms. The van der Waals surface area contributed by atoms with Crippen molar-refractivity contribution in [3.63, 3.8) is 0 Å². The Morgan fingerprint density at radius 2 is 1.84 bits per heavy atom. The lowest BCUT2D eigenvalue weighted by Crippen LogP contribution is -2.26. The van der Waals surface area contributed by atoms with Gasteiger partial charge in [0.25, 0.3) is 5.91 Å². The van der Waals surface area contributed by atoms with Gasteiger partial charge >= 0.3 is 5.97 Å². The van der Waals surface area contributed by atoms with Crippen molar-refractivity contribution in [1.82, 2.24) is 5.32 Å². The Labute approximate surface area is 146 Å². The maximum atomic E-state index is 12.1. The van der Waals surface area contributed by atoms with Crippen LogP contribution in [0.25, 0.3) is 0 Å². The quantitative estimate of drug-likeness (QED) is 0.783. The van der Waals surface area contributed by atoms with Crippen molar-refractivity contribution < 1.29 is 19.1 Å². The second-order valence-corrected chi connectivity index (χ2v) is 5.18. The molecule has 0 aliphatic carbocycles. The molecule has 6 heteroatoms. The lowest BCUT2D eigenvalue weighted by molar-refractivity contribution is -0.144. The Kier molecular flexibility index (Phi) is 6.55. The molecule has 0 atom stereocenters. The number of hydrogen-bond acceptors (Lipinski definition) is 5. The van der Waals surface area contributed by atoms with Crippen molar-refractivity contribution >= 4 is 11.9 Å². The smallest absolute Gasteiger partial charge is 0.307 e. The first-order valence-electron chi connectivity index (χ1n) is 7.70. The highest BCUT2D eigenvalue weighted by molar-refractivity contribution is 5.97. The standard InChI is InChI=1S/C19H18N2O4/c1-24-17-5-3-2-4-16(17)19(23)21-11-10-18(22)25-13-15-8-6-14(12-20)7-9-15/h2-9H,10-11,13H2,1H3,(H,21,23). The number of carbonyl (C=O) groups excluding carboxylic acids is 2. The van der Waals surface area contributed by atoms with Crippen LogP contribution >= 0.6 is 0 Å². The third kappa shape index (κ3) is 5.36. The van der Waals surface area contributed by atoms with Crippen LogP contribution < -0.4 is 10.1 Å². The number of esters is 1. The third-order valence-corrected chi connectivity index (χ3v) is 3.45. The van der Waals surface area contributed by atoms with Gasteiger partial charge in [0.15, 0.2) is 0 Å². The summed E-state index contributed by atoms with van der Waals surface area (Å²) in [6, 6.07) is 15.7. The lowest BCUT2D eigenvalue weighted by Gasteiger charge is -2.09. The number of nitrogens with one attached hydrogen (secondary N) is 1. The van der Waals surface area contributed by atoms with Gasteiger partial charge in [-0.05, 0) is 29.8 Å². The number of para-hydroxylation sites is 1. The number of methoxy groups -OCH3 is 1. The average molecular weight is 338 g/mol. The molecule has 1 N–H and O–H groups in total. The molecule has 1 amide bonds. The summed E-state index contributed by atoms with van der Waals surface area (Å²) < 4.78 is 10.3. The van der Waals surface area contributed by atoms with Gasteiger partial charge in [0.05, 0.1) is 30.7 Å². The average Bonchev–Trinajstić information content (AvgIpc) is 2.66. The maximum Gasteiger partial charge on any atom is 0.307 e. The highest BCUT2D eigenvalue weighted by Gasteiger charge is 2.11. The van der Waals surface area contributed by atoms with E-state index in [0.717, 1.165) is 5.56 Å². The minimum absolute atomic E-state index is 0.0666. The Bertz CT molecular complexity index is 779. The van der Waals surface area contributed by atoms with Gasteiger partial charge in [0, 0.05) is 6.54 Å². The molecule has 0 heterocycles. The fourth-order valence-electron chi connectivity index (χ4n) is 2.12. The number of carbonyl (C=O) groups is 2. The van der Waals surface area contributed by atoms with E-state index in [1.54, 1.807) is 48.5 Å². The molecule has 128 valence electrons. The fraction of sp³-hybridized carbons (Fsp3) is 0.211. The third-order valence-electron chi connectivity index (χ3n) is 3.45. The van der Waals surface area contributed by atoms with Crippen molar-refractivity contribution in [3.8, 4) is 11.8 Å². The Balaban J connectivity index is 1.74. The van der Waals surface area contributed by atoms with Crippen molar-refractivity contribution in [2.45, 2.75) is 13.0 Å². The van der Waals surface area contributed by atoms with E-state index in [1.165, 1.54) is 7.11 Å². The van der Waals surface area contributed by atoms with Crippen molar-refractivity contribution in [3.05, 3.63) is 65.2 Å². The summed E-state index contributed by atoms with van der Waals surface area (Å²) in [6.07, 6.45) is 0.0666. The second-order valence-electron chi connectivity index (χ2n) is 5.18. The van der Waals surface area contributed by atoms with E-state index < -0.39 is 5.97 Å². The summed E-state index contributed by atoms with van der Waals surface area (Å²) in [5, 5.41) is 11.4. The molecule has 0 unspecified atom stereocenters. The number of rotatable bonds is 7. The molecule has 0 fully saturated rings. The highest BCUT2D eigenvalue weighted by Crippen LogP contribution is 2.16. The molecule has 0 saturated carbocycles. The van der Waals surface area contributed by atoms with E-state index in [2.05, 4.69) is 5.32 Å². The molecule has 0 aliphatic heterocycles. The summed E-state index contributed by atoms with van der Waals surface area (Å²) in [4.78, 5) is 23.8. The van der Waals surface area contributed by atoms with E-state index in [-0.39, 0.29) is 25.5 Å². The number of benzene rings is 2. The Morgan fingerprint density at radius 1 is 1.12 bits per heavy atom. The number of nitriles is 1. The van der Waals surface area contributed by atoms with Gasteiger partial charge < -0.3 is 14.8 Å². The molecular weight excluding hydrogens is 320 g/mol. The van der Waals surface area contributed by atoms with Crippen LogP contribution in [0.3, 0.4) is 0 Å². The van der Waals surface area contributed by atoms with Crippen LogP contribution in [0, 0.1) is 11.3 Å². The zero-order chi connectivity index (χ0) is 18.1. The number of ether oxygens (including phenoxy) is 2. The minimum Gasteiger partial charge on any atom is -0.496 e. The normalized spacial score (nSPS) is 9.76. The van der Waals surface area contributed by atoms with Gasteiger partial charge in [-0.25, -0.2) is 0 Å². The largest absolute Gasteiger partial charge is 0.496 e. The van der Waals surface area contributed by atoms with E-state index in [9.17, 15) is 9.59 Å². The number of nitrogens with zero attached hydrogens (tertiary/aromatic N) is 1. The second kappa shape index (κ2) is 9.08. The molecule has 0 aliphatic rings. The van der Waals surface area contributed by atoms with Crippen LogP contribution in [0.4, 0.5) is 0 Å². The molecule has 0 spiro atoms. The molecule has 2 rings (SSSR count). The summed E-state index contributed by atoms with van der Waals surface area (Å²) in [5.74, 6) is -0.245. The first-order valence-corrected chi connectivity index (χ1v) is 7.70. The topological polar surface area (TPSA) is 88.4 Å². The molecule has 0 aromatic heterocycles. The molecule has 6 nitrogen and oxygen atoms in total. The van der Waals surface area contributed by atoms with Crippen molar-refractivity contribution in [1.29, 1.82) is 5.26 Å². The predicted molar refractivity (Wildman–Crippen MR) is 90.9 cm³/mol. The number of amides is 1. The Hall–Kier alpha value is -3.33. The van der Waals surface area contributed by atoms with Gasteiger partial charge in [-0.1, -0.05) is 24.3 Å². The van der Waals surface area contributed by atoms with Crippen LogP contribution in [0.5, 0.6) is 5.75 Å². The molecule has 0 radical (unpaired) electrons. The molecule has 2 aromatic carbocycles. The minimum atomic E-state index is -0.412. The monoisotopic (exact) mass is 338 g/mol. The van der Waals surface area contributed by atoms with Crippen molar-refractivity contribution in [2.75, 3.05) is 13.7 Å². The van der Waals surface area contributed by atoms with E-state index >= 15 is 0 Å². The fourth-order valence-corrected chi connectivity index (χ4v) is 2.12.